The molecule has 0 atom stereocenters. The molecule has 0 radical (unpaired) electrons. The predicted molar refractivity (Wildman–Crippen MR) is 98.0 cm³/mol. The Hall–Kier alpha value is -2.34. The first-order valence-corrected chi connectivity index (χ1v) is 8.46. The van der Waals surface area contributed by atoms with E-state index in [0.717, 1.165) is 21.4 Å². The van der Waals surface area contributed by atoms with Crippen LogP contribution >= 0.6 is 15.9 Å². The number of imidazole rings is 1. The molecule has 6 heteroatoms. The summed E-state index contributed by atoms with van der Waals surface area (Å²) >= 11 is 3.53. The molecule has 1 aromatic carbocycles. The largest absolute Gasteiger partial charge is 0.495 e. The number of carbonyl (C=O) groups excluding carboxylic acids is 1. The highest BCUT2D eigenvalue weighted by molar-refractivity contribution is 9.10. The summed E-state index contributed by atoms with van der Waals surface area (Å²) in [6.07, 6.45) is 2.59. The van der Waals surface area contributed by atoms with Crippen LogP contribution in [0.5, 0.6) is 5.75 Å². The van der Waals surface area contributed by atoms with Gasteiger partial charge in [0.1, 0.15) is 11.4 Å². The molecule has 5 nitrogen and oxygen atoms in total. The Balaban J connectivity index is 2.09. The van der Waals surface area contributed by atoms with Crippen molar-refractivity contribution in [3.05, 3.63) is 58.0 Å². The third-order valence-corrected chi connectivity index (χ3v) is 4.37. The number of nitrogens with zero attached hydrogens (tertiary/aromatic N) is 2. The van der Waals surface area contributed by atoms with Gasteiger partial charge in [0.25, 0.3) is 5.91 Å². The SMILES string of the molecule is CCc1nc2c(Br)cc(C)cn2c1C(=O)Nc1ccccc1OC. The standard InChI is InChI=1S/C18H18BrN3O2/c1-4-13-16(22-10-11(2)9-12(19)17(22)20-13)18(23)21-14-7-5-6-8-15(14)24-3/h5-10H,4H2,1-3H3,(H,21,23). The van der Waals surface area contributed by atoms with Crippen LogP contribution in [0.15, 0.2) is 41.0 Å². The van der Waals surface area contributed by atoms with E-state index in [1.54, 1.807) is 7.11 Å². The normalized spacial score (nSPS) is 10.8. The monoisotopic (exact) mass is 387 g/mol. The molecule has 3 rings (SSSR count). The van der Waals surface area contributed by atoms with Crippen molar-refractivity contribution in [1.82, 2.24) is 9.38 Å². The summed E-state index contributed by atoms with van der Waals surface area (Å²) in [4.78, 5) is 17.5. The van der Waals surface area contributed by atoms with Gasteiger partial charge < -0.3 is 10.1 Å². The number of pyridine rings is 1. The number of methoxy groups -OCH3 is 1. The van der Waals surface area contributed by atoms with Gasteiger partial charge in [0.2, 0.25) is 0 Å². The molecule has 2 aromatic heterocycles. The lowest BCUT2D eigenvalue weighted by atomic mass is 10.2. The van der Waals surface area contributed by atoms with Crippen LogP contribution < -0.4 is 10.1 Å². The summed E-state index contributed by atoms with van der Waals surface area (Å²) in [6, 6.07) is 9.33. The predicted octanol–water partition coefficient (Wildman–Crippen LogP) is 4.23. The second-order valence-corrected chi connectivity index (χ2v) is 6.33. The van der Waals surface area contributed by atoms with Crippen molar-refractivity contribution in [2.45, 2.75) is 20.3 Å². The van der Waals surface area contributed by atoms with E-state index in [-0.39, 0.29) is 5.91 Å². The van der Waals surface area contributed by atoms with E-state index in [1.807, 2.05) is 54.8 Å². The molecule has 124 valence electrons. The minimum absolute atomic E-state index is 0.207. The fourth-order valence-electron chi connectivity index (χ4n) is 2.70. The Kier molecular flexibility index (Phi) is 4.57. The van der Waals surface area contributed by atoms with Gasteiger partial charge in [0.15, 0.2) is 5.65 Å². The molecule has 0 saturated heterocycles. The molecule has 0 aliphatic rings. The highest BCUT2D eigenvalue weighted by atomic mass is 79.9. The molecule has 1 N–H and O–H groups in total. The van der Waals surface area contributed by atoms with Crippen molar-refractivity contribution in [2.24, 2.45) is 0 Å². The lowest BCUT2D eigenvalue weighted by Crippen LogP contribution is -2.17. The molecule has 3 aromatic rings. The zero-order chi connectivity index (χ0) is 17.3. The Bertz CT molecular complexity index is 918. The first-order valence-electron chi connectivity index (χ1n) is 7.66. The van der Waals surface area contributed by atoms with Crippen LogP contribution in [0.3, 0.4) is 0 Å². The van der Waals surface area contributed by atoms with Crippen molar-refractivity contribution in [2.75, 3.05) is 12.4 Å². The fourth-order valence-corrected chi connectivity index (χ4v) is 3.34. The van der Waals surface area contributed by atoms with Crippen LogP contribution in [0.25, 0.3) is 5.65 Å². The molecule has 0 aliphatic carbocycles. The quantitative estimate of drug-likeness (QED) is 0.728. The fraction of sp³-hybridized carbons (Fsp3) is 0.222. The molecule has 0 spiro atoms. The minimum atomic E-state index is -0.207. The molecule has 0 unspecified atom stereocenters. The number of hydrogen-bond donors (Lipinski definition) is 1. The van der Waals surface area contributed by atoms with Gasteiger partial charge in [-0.05, 0) is 53.0 Å². The highest BCUT2D eigenvalue weighted by Crippen LogP contribution is 2.26. The van der Waals surface area contributed by atoms with Gasteiger partial charge in [0, 0.05) is 6.20 Å². The molecule has 0 saturated carbocycles. The van der Waals surface area contributed by atoms with E-state index in [4.69, 9.17) is 4.74 Å². The van der Waals surface area contributed by atoms with E-state index in [0.29, 0.717) is 23.6 Å². The number of anilines is 1. The van der Waals surface area contributed by atoms with Crippen molar-refractivity contribution < 1.29 is 9.53 Å². The second-order valence-electron chi connectivity index (χ2n) is 5.47. The van der Waals surface area contributed by atoms with Crippen molar-refractivity contribution >= 4 is 33.2 Å². The zero-order valence-electron chi connectivity index (χ0n) is 13.8. The van der Waals surface area contributed by atoms with E-state index in [2.05, 4.69) is 26.2 Å². The van der Waals surface area contributed by atoms with E-state index in [9.17, 15) is 4.79 Å². The van der Waals surface area contributed by atoms with Gasteiger partial charge in [0.05, 0.1) is 23.0 Å². The maximum Gasteiger partial charge on any atom is 0.274 e. The first kappa shape index (κ1) is 16.5. The van der Waals surface area contributed by atoms with Crippen LogP contribution in [0.4, 0.5) is 5.69 Å². The van der Waals surface area contributed by atoms with Gasteiger partial charge in [-0.25, -0.2) is 4.98 Å². The maximum absolute atomic E-state index is 12.9. The van der Waals surface area contributed by atoms with Gasteiger partial charge in [-0.3, -0.25) is 9.20 Å². The molecular formula is C18H18BrN3O2. The first-order chi connectivity index (χ1) is 11.5. The number of hydrogen-bond acceptors (Lipinski definition) is 3. The van der Waals surface area contributed by atoms with Gasteiger partial charge >= 0.3 is 0 Å². The number of aryl methyl sites for hydroxylation is 2. The minimum Gasteiger partial charge on any atom is -0.495 e. The molecule has 24 heavy (non-hydrogen) atoms. The number of benzene rings is 1. The van der Waals surface area contributed by atoms with E-state index < -0.39 is 0 Å². The van der Waals surface area contributed by atoms with Crippen LogP contribution in [0.2, 0.25) is 0 Å². The summed E-state index contributed by atoms with van der Waals surface area (Å²) in [5.74, 6) is 0.413. The highest BCUT2D eigenvalue weighted by Gasteiger charge is 2.20. The third kappa shape index (κ3) is 2.89. The summed E-state index contributed by atoms with van der Waals surface area (Å²) in [5.41, 5.74) is 3.72. The summed E-state index contributed by atoms with van der Waals surface area (Å²) < 4.78 is 8.01. The topological polar surface area (TPSA) is 55.6 Å². The Morgan fingerprint density at radius 3 is 2.83 bits per heavy atom. The zero-order valence-corrected chi connectivity index (χ0v) is 15.3. The second kappa shape index (κ2) is 6.65. The number of rotatable bonds is 4. The maximum atomic E-state index is 12.9. The molecule has 0 aliphatic heterocycles. The Labute approximate surface area is 148 Å². The number of para-hydroxylation sites is 2. The van der Waals surface area contributed by atoms with Gasteiger partial charge in [-0.1, -0.05) is 19.1 Å². The van der Waals surface area contributed by atoms with Crippen molar-refractivity contribution in [1.29, 1.82) is 0 Å². The molecule has 0 fully saturated rings. The van der Waals surface area contributed by atoms with Crippen LogP contribution in [0.1, 0.15) is 28.7 Å². The average Bonchev–Trinajstić information content (AvgIpc) is 2.94. The van der Waals surface area contributed by atoms with Crippen molar-refractivity contribution in [3.8, 4) is 5.75 Å². The van der Waals surface area contributed by atoms with Gasteiger partial charge in [-0.15, -0.1) is 0 Å². The Morgan fingerprint density at radius 2 is 2.12 bits per heavy atom. The number of halogens is 1. The van der Waals surface area contributed by atoms with Crippen LogP contribution in [0, 0.1) is 6.92 Å². The number of fused-ring (bicyclic) bond motifs is 1. The Morgan fingerprint density at radius 1 is 1.38 bits per heavy atom. The number of amides is 1. The third-order valence-electron chi connectivity index (χ3n) is 3.79. The lowest BCUT2D eigenvalue weighted by molar-refractivity contribution is 0.102. The molecular weight excluding hydrogens is 370 g/mol. The number of ether oxygens (including phenoxy) is 1. The lowest BCUT2D eigenvalue weighted by Gasteiger charge is -2.10. The average molecular weight is 388 g/mol. The number of aromatic nitrogens is 2. The van der Waals surface area contributed by atoms with Crippen LogP contribution in [-0.2, 0) is 6.42 Å². The molecule has 2 heterocycles. The van der Waals surface area contributed by atoms with Gasteiger partial charge in [-0.2, -0.15) is 0 Å². The van der Waals surface area contributed by atoms with E-state index >= 15 is 0 Å². The number of carbonyl (C=O) groups is 1. The molecule has 0 bridgehead atoms. The number of nitrogens with one attached hydrogen (secondary N) is 1. The summed E-state index contributed by atoms with van der Waals surface area (Å²) in [7, 11) is 1.58. The smallest absolute Gasteiger partial charge is 0.274 e. The van der Waals surface area contributed by atoms with Crippen molar-refractivity contribution in [3.63, 3.8) is 0 Å². The van der Waals surface area contributed by atoms with E-state index in [1.165, 1.54) is 0 Å². The summed E-state index contributed by atoms with van der Waals surface area (Å²) in [6.45, 7) is 3.97. The summed E-state index contributed by atoms with van der Waals surface area (Å²) in [5, 5.41) is 2.93. The molecule has 1 amide bonds. The van der Waals surface area contributed by atoms with Crippen LogP contribution in [-0.4, -0.2) is 22.4 Å².